The Balaban J connectivity index is 1.88. The number of hydrogen-bond donors (Lipinski definition) is 2. The Labute approximate surface area is 166 Å². The molecule has 27 heavy (non-hydrogen) atoms. The van der Waals surface area contributed by atoms with E-state index in [1.54, 1.807) is 0 Å². The minimum atomic E-state index is -3.96. The fraction of sp³-hybridized carbons (Fsp3) is 0.222. The van der Waals surface area contributed by atoms with Gasteiger partial charge in [-0.1, -0.05) is 24.3 Å². The minimum absolute atomic E-state index is 0.0331. The van der Waals surface area contributed by atoms with Gasteiger partial charge in [-0.15, -0.1) is 0 Å². The molecule has 0 saturated carbocycles. The van der Waals surface area contributed by atoms with Crippen molar-refractivity contribution in [3.8, 4) is 0 Å². The summed E-state index contributed by atoms with van der Waals surface area (Å²) in [6.07, 6.45) is 0.661. The molecule has 0 aromatic heterocycles. The largest absolute Gasteiger partial charge is 0.452 e. The third-order valence-electron chi connectivity index (χ3n) is 3.80. The van der Waals surface area contributed by atoms with Crippen LogP contribution in [-0.4, -0.2) is 33.4 Å². The van der Waals surface area contributed by atoms with Gasteiger partial charge in [-0.25, -0.2) is 18.4 Å². The van der Waals surface area contributed by atoms with Crippen molar-refractivity contribution in [1.82, 2.24) is 5.32 Å². The van der Waals surface area contributed by atoms with Gasteiger partial charge in [-0.3, -0.25) is 4.79 Å². The van der Waals surface area contributed by atoms with E-state index < -0.39 is 28.5 Å². The van der Waals surface area contributed by atoms with Crippen LogP contribution in [0, 0.1) is 6.92 Å². The van der Waals surface area contributed by atoms with Crippen LogP contribution >= 0.6 is 15.9 Å². The quantitative estimate of drug-likeness (QED) is 0.619. The monoisotopic (exact) mass is 454 g/mol. The van der Waals surface area contributed by atoms with E-state index in [-0.39, 0.29) is 10.5 Å². The van der Waals surface area contributed by atoms with Gasteiger partial charge in [0.05, 0.1) is 10.5 Å². The van der Waals surface area contributed by atoms with Crippen LogP contribution in [0.15, 0.2) is 51.8 Å². The highest BCUT2D eigenvalue weighted by atomic mass is 79.9. The second kappa shape index (κ2) is 9.12. The first kappa shape index (κ1) is 21.1. The Morgan fingerprint density at radius 2 is 1.89 bits per heavy atom. The minimum Gasteiger partial charge on any atom is -0.452 e. The lowest BCUT2D eigenvalue weighted by Gasteiger charge is -2.09. The summed E-state index contributed by atoms with van der Waals surface area (Å²) in [5.41, 5.74) is 2.23. The van der Waals surface area contributed by atoms with Crippen LogP contribution in [0.1, 0.15) is 21.5 Å². The van der Waals surface area contributed by atoms with Crippen LogP contribution < -0.4 is 10.5 Å². The van der Waals surface area contributed by atoms with E-state index in [1.165, 1.54) is 12.1 Å². The highest BCUT2D eigenvalue weighted by molar-refractivity contribution is 9.10. The van der Waals surface area contributed by atoms with Crippen LogP contribution in [0.4, 0.5) is 0 Å². The number of aryl methyl sites for hydroxylation is 1. The number of benzene rings is 2. The predicted molar refractivity (Wildman–Crippen MR) is 104 cm³/mol. The summed E-state index contributed by atoms with van der Waals surface area (Å²) in [5.74, 6) is -1.28. The highest BCUT2D eigenvalue weighted by Crippen LogP contribution is 2.21. The molecular weight excluding hydrogens is 436 g/mol. The second-order valence-electron chi connectivity index (χ2n) is 5.79. The summed E-state index contributed by atoms with van der Waals surface area (Å²) in [7, 11) is -3.96. The summed E-state index contributed by atoms with van der Waals surface area (Å²) in [6.45, 7) is 1.93. The highest BCUT2D eigenvalue weighted by Gasteiger charge is 2.17. The first-order chi connectivity index (χ1) is 12.7. The lowest BCUT2D eigenvalue weighted by Crippen LogP contribution is -2.30. The number of nitrogens with one attached hydrogen (secondary N) is 1. The summed E-state index contributed by atoms with van der Waals surface area (Å²) < 4.78 is 28.1. The maximum absolute atomic E-state index is 12.1. The maximum Gasteiger partial charge on any atom is 0.339 e. The zero-order valence-electron chi connectivity index (χ0n) is 14.6. The number of rotatable bonds is 7. The van der Waals surface area contributed by atoms with Crippen molar-refractivity contribution in [2.45, 2.75) is 18.2 Å². The first-order valence-corrected chi connectivity index (χ1v) is 10.3. The molecule has 0 heterocycles. The number of halogens is 1. The van der Waals surface area contributed by atoms with E-state index in [0.717, 1.165) is 17.2 Å². The van der Waals surface area contributed by atoms with E-state index in [9.17, 15) is 18.0 Å². The SMILES string of the molecule is Cc1ccccc1CCNC(=O)COC(=O)c1cc(S(N)(=O)=O)ccc1Br. The van der Waals surface area contributed by atoms with Crippen molar-refractivity contribution in [2.24, 2.45) is 5.14 Å². The molecule has 2 aromatic rings. The van der Waals surface area contributed by atoms with Crippen molar-refractivity contribution in [3.63, 3.8) is 0 Å². The molecule has 0 atom stereocenters. The Morgan fingerprint density at radius 1 is 1.19 bits per heavy atom. The lowest BCUT2D eigenvalue weighted by atomic mass is 10.1. The van der Waals surface area contributed by atoms with Gasteiger partial charge < -0.3 is 10.1 Å². The molecule has 0 bridgehead atoms. The number of esters is 1. The van der Waals surface area contributed by atoms with Gasteiger partial charge in [0.1, 0.15) is 0 Å². The predicted octanol–water partition coefficient (Wildman–Crippen LogP) is 1.92. The summed E-state index contributed by atoms with van der Waals surface area (Å²) in [4.78, 5) is 23.7. The number of amides is 1. The van der Waals surface area contributed by atoms with Gasteiger partial charge in [-0.05, 0) is 58.6 Å². The number of nitrogens with two attached hydrogens (primary N) is 1. The Morgan fingerprint density at radius 3 is 2.56 bits per heavy atom. The molecule has 0 unspecified atom stereocenters. The summed E-state index contributed by atoms with van der Waals surface area (Å²) in [5, 5.41) is 7.72. The van der Waals surface area contributed by atoms with Crippen LogP contribution in [0.2, 0.25) is 0 Å². The van der Waals surface area contributed by atoms with Crippen LogP contribution in [0.25, 0.3) is 0 Å². The number of primary sulfonamides is 1. The van der Waals surface area contributed by atoms with E-state index >= 15 is 0 Å². The summed E-state index contributed by atoms with van der Waals surface area (Å²) in [6, 6.07) is 11.6. The first-order valence-electron chi connectivity index (χ1n) is 7.99. The topological polar surface area (TPSA) is 116 Å². The van der Waals surface area contributed by atoms with Crippen molar-refractivity contribution in [1.29, 1.82) is 0 Å². The molecular formula is C18H19BrN2O5S. The van der Waals surface area contributed by atoms with E-state index in [1.807, 2.05) is 31.2 Å². The third kappa shape index (κ3) is 6.16. The van der Waals surface area contributed by atoms with E-state index in [2.05, 4.69) is 21.2 Å². The molecule has 0 saturated heterocycles. The molecule has 1 amide bonds. The fourth-order valence-corrected chi connectivity index (χ4v) is 3.27. The van der Waals surface area contributed by atoms with Gasteiger partial charge in [-0.2, -0.15) is 0 Å². The third-order valence-corrected chi connectivity index (χ3v) is 5.40. The molecule has 0 aliphatic rings. The zero-order chi connectivity index (χ0) is 20.0. The zero-order valence-corrected chi connectivity index (χ0v) is 17.0. The molecule has 0 aliphatic heterocycles. The van der Waals surface area contributed by atoms with Crippen molar-refractivity contribution in [3.05, 3.63) is 63.6 Å². The Bertz CT molecular complexity index is 960. The second-order valence-corrected chi connectivity index (χ2v) is 8.20. The molecule has 2 rings (SSSR count). The Hall–Kier alpha value is -2.23. The van der Waals surface area contributed by atoms with Crippen molar-refractivity contribution < 1.29 is 22.7 Å². The number of hydrogen-bond acceptors (Lipinski definition) is 5. The standard InChI is InChI=1S/C18H19BrN2O5S/c1-12-4-2-3-5-13(12)8-9-21-17(22)11-26-18(23)15-10-14(27(20,24)25)6-7-16(15)19/h2-7,10H,8-9,11H2,1H3,(H,21,22)(H2,20,24,25). The van der Waals surface area contributed by atoms with Gasteiger partial charge in [0.25, 0.3) is 5.91 Å². The average molecular weight is 455 g/mol. The summed E-state index contributed by atoms with van der Waals surface area (Å²) >= 11 is 3.14. The average Bonchev–Trinajstić information content (AvgIpc) is 2.60. The Kier molecular flexibility index (Phi) is 7.11. The van der Waals surface area contributed by atoms with Gasteiger partial charge in [0, 0.05) is 11.0 Å². The van der Waals surface area contributed by atoms with E-state index in [4.69, 9.17) is 9.88 Å². The molecule has 3 N–H and O–H groups in total. The van der Waals surface area contributed by atoms with Gasteiger partial charge in [0.2, 0.25) is 10.0 Å². The van der Waals surface area contributed by atoms with E-state index in [0.29, 0.717) is 17.4 Å². The molecule has 7 nitrogen and oxygen atoms in total. The lowest BCUT2D eigenvalue weighted by molar-refractivity contribution is -0.124. The normalized spacial score (nSPS) is 11.1. The number of carbonyl (C=O) groups is 2. The van der Waals surface area contributed by atoms with Gasteiger partial charge in [0.15, 0.2) is 6.61 Å². The van der Waals surface area contributed by atoms with Crippen LogP contribution in [0.3, 0.4) is 0 Å². The number of sulfonamides is 1. The van der Waals surface area contributed by atoms with Crippen LogP contribution in [-0.2, 0) is 26.0 Å². The van der Waals surface area contributed by atoms with Gasteiger partial charge >= 0.3 is 5.97 Å². The molecule has 144 valence electrons. The fourth-order valence-electron chi connectivity index (χ4n) is 2.32. The van der Waals surface area contributed by atoms with Crippen molar-refractivity contribution >= 4 is 37.8 Å². The van der Waals surface area contributed by atoms with Crippen LogP contribution in [0.5, 0.6) is 0 Å². The molecule has 0 fully saturated rings. The number of ether oxygens (including phenoxy) is 1. The smallest absolute Gasteiger partial charge is 0.339 e. The molecule has 0 spiro atoms. The maximum atomic E-state index is 12.1. The number of carbonyl (C=O) groups excluding carboxylic acids is 2. The molecule has 2 aromatic carbocycles. The van der Waals surface area contributed by atoms with Crippen molar-refractivity contribution in [2.75, 3.05) is 13.2 Å². The molecule has 0 radical (unpaired) electrons. The molecule has 9 heteroatoms. The molecule has 0 aliphatic carbocycles.